The van der Waals surface area contributed by atoms with Gasteiger partial charge >= 0.3 is 18.9 Å². The molecular formula is C3H8LiNSi. The molecule has 0 aromatic heterocycles. The molecule has 0 aromatic rings. The van der Waals surface area contributed by atoms with E-state index in [1.807, 2.05) is 11.8 Å². The average Bonchev–Trinajstić information content (AvgIpc) is 1.41. The summed E-state index contributed by atoms with van der Waals surface area (Å²) in [6.45, 7) is 0.448. The zero-order chi connectivity index (χ0) is 4.12. The Bertz CT molecular complexity index is 37.8. The largest absolute Gasteiger partial charge is 1.00 e. The summed E-state index contributed by atoms with van der Waals surface area (Å²) in [5, 5.41) is 0. The molecule has 0 amide bonds. The van der Waals surface area contributed by atoms with Gasteiger partial charge in [-0.1, -0.05) is 0 Å². The van der Waals surface area contributed by atoms with Crippen LogP contribution in [0.25, 0.3) is 5.73 Å². The van der Waals surface area contributed by atoms with Crippen LogP contribution in [0.2, 0.25) is 0 Å². The second-order valence-electron chi connectivity index (χ2n) is 0.773. The normalized spacial score (nSPS) is 8.83. The summed E-state index contributed by atoms with van der Waals surface area (Å²) in [4.78, 5) is 0. The average molecular weight is 93.1 g/mol. The van der Waals surface area contributed by atoms with Gasteiger partial charge in [0.2, 0.25) is 0 Å². The van der Waals surface area contributed by atoms with Gasteiger partial charge in [-0.15, -0.1) is 18.3 Å². The van der Waals surface area contributed by atoms with Gasteiger partial charge < -0.3 is 5.73 Å². The van der Waals surface area contributed by atoms with E-state index < -0.39 is 0 Å². The smallest absolute Gasteiger partial charge is 0.674 e. The van der Waals surface area contributed by atoms with Crippen molar-refractivity contribution in [3.8, 4) is 0 Å². The summed E-state index contributed by atoms with van der Waals surface area (Å²) in [6, 6.07) is 0. The number of nitrogens with one attached hydrogen (secondary N) is 1. The topological polar surface area (TPSA) is 23.8 Å². The van der Waals surface area contributed by atoms with Crippen LogP contribution in [-0.4, -0.2) is 16.8 Å². The molecule has 0 radical (unpaired) electrons. The monoisotopic (exact) mass is 93.1 g/mol. The Balaban J connectivity index is 0. The van der Waals surface area contributed by atoms with Crippen molar-refractivity contribution >= 4 is 10.2 Å². The predicted molar refractivity (Wildman–Crippen MR) is 28.3 cm³/mol. The van der Waals surface area contributed by atoms with E-state index >= 15 is 0 Å². The van der Waals surface area contributed by atoms with Crippen molar-refractivity contribution in [1.82, 2.24) is 0 Å². The van der Waals surface area contributed by atoms with E-state index in [1.54, 1.807) is 0 Å². The van der Waals surface area contributed by atoms with Crippen LogP contribution in [0.15, 0.2) is 11.8 Å². The van der Waals surface area contributed by atoms with Crippen LogP contribution >= 0.6 is 0 Å². The molecule has 0 unspecified atom stereocenters. The molecule has 0 heterocycles. The molecule has 0 aliphatic rings. The van der Waals surface area contributed by atoms with Gasteiger partial charge in [-0.05, 0) is 0 Å². The first-order valence-corrected chi connectivity index (χ1v) is 2.83. The van der Waals surface area contributed by atoms with Gasteiger partial charge in [-0.2, -0.15) is 0 Å². The molecule has 0 atom stereocenters. The van der Waals surface area contributed by atoms with Crippen LogP contribution in [0, 0.1) is 0 Å². The van der Waals surface area contributed by atoms with Crippen molar-refractivity contribution in [3.05, 3.63) is 17.5 Å². The molecule has 1 N–H and O–H groups in total. The van der Waals surface area contributed by atoms with Gasteiger partial charge in [-0.3, -0.25) is 0 Å². The Morgan fingerprint density at radius 2 is 2.17 bits per heavy atom. The zero-order valence-corrected chi connectivity index (χ0v) is 6.36. The van der Waals surface area contributed by atoms with Crippen molar-refractivity contribution in [1.29, 1.82) is 0 Å². The minimum Gasteiger partial charge on any atom is -0.674 e. The molecule has 0 rings (SSSR count). The summed E-state index contributed by atoms with van der Waals surface area (Å²) in [5.41, 5.74) is 8.54. The van der Waals surface area contributed by atoms with Crippen LogP contribution in [0.5, 0.6) is 0 Å². The molecule has 1 nitrogen and oxygen atoms in total. The van der Waals surface area contributed by atoms with Gasteiger partial charge in [0.05, 0.1) is 0 Å². The van der Waals surface area contributed by atoms with Gasteiger partial charge in [0.1, 0.15) is 0 Å². The fraction of sp³-hybridized carbons (Fsp3) is 0.333. The van der Waals surface area contributed by atoms with Gasteiger partial charge in [-0.25, -0.2) is 0 Å². The Hall–Kier alpha value is 0.514. The minimum absolute atomic E-state index is 0. The van der Waals surface area contributed by atoms with Crippen LogP contribution in [0.1, 0.15) is 0 Å². The Labute approximate surface area is 53.6 Å². The number of hydrogen-bond donors (Lipinski definition) is 0. The SMILES string of the molecule is [Li+].[NH-]CC=C[SiH3]. The first-order chi connectivity index (χ1) is 2.41. The predicted octanol–water partition coefficient (Wildman–Crippen LogP) is -3.08. The molecule has 30 valence electrons. The third kappa shape index (κ3) is 8.82. The Morgan fingerprint density at radius 3 is 2.17 bits per heavy atom. The van der Waals surface area contributed by atoms with E-state index in [1.165, 1.54) is 0 Å². The maximum absolute atomic E-state index is 6.54. The second-order valence-corrected chi connectivity index (χ2v) is 1.44. The van der Waals surface area contributed by atoms with Crippen LogP contribution in [0.3, 0.4) is 0 Å². The standard InChI is InChI=1S/C3H8NSi.Li/c4-2-1-3-5;/h1,3-4H,2H2,5H3;/q-1;+1. The fourth-order valence-electron chi connectivity index (χ4n) is 0.118. The third-order valence-corrected chi connectivity index (χ3v) is 0.825. The van der Waals surface area contributed by atoms with E-state index in [-0.39, 0.29) is 18.9 Å². The fourth-order valence-corrected chi connectivity index (χ4v) is 0.354. The first kappa shape index (κ1) is 9.72. The summed E-state index contributed by atoms with van der Waals surface area (Å²) in [6.07, 6.45) is 1.85. The summed E-state index contributed by atoms with van der Waals surface area (Å²) in [7, 11) is 1.10. The quantitative estimate of drug-likeness (QED) is 0.307. The molecule has 6 heavy (non-hydrogen) atoms. The molecule has 0 aliphatic heterocycles. The van der Waals surface area contributed by atoms with Crippen LogP contribution < -0.4 is 18.9 Å². The van der Waals surface area contributed by atoms with E-state index in [4.69, 9.17) is 5.73 Å². The van der Waals surface area contributed by atoms with E-state index in [2.05, 4.69) is 0 Å². The van der Waals surface area contributed by atoms with Crippen molar-refractivity contribution in [3.63, 3.8) is 0 Å². The van der Waals surface area contributed by atoms with Crippen LogP contribution in [-0.2, 0) is 0 Å². The summed E-state index contributed by atoms with van der Waals surface area (Å²) in [5.74, 6) is 0. The molecule has 0 bridgehead atoms. The number of hydrogen-bond acceptors (Lipinski definition) is 0. The minimum atomic E-state index is 0. The maximum Gasteiger partial charge on any atom is 1.00 e. The van der Waals surface area contributed by atoms with Gasteiger partial charge in [0.25, 0.3) is 0 Å². The van der Waals surface area contributed by atoms with Gasteiger partial charge in [0, 0.05) is 10.2 Å². The van der Waals surface area contributed by atoms with E-state index in [9.17, 15) is 0 Å². The first-order valence-electron chi connectivity index (χ1n) is 1.67. The molecule has 0 aliphatic carbocycles. The van der Waals surface area contributed by atoms with Crippen LogP contribution in [0.4, 0.5) is 0 Å². The molecule has 0 fully saturated rings. The van der Waals surface area contributed by atoms with E-state index in [0.29, 0.717) is 6.54 Å². The molecule has 0 aromatic carbocycles. The molecule has 0 spiro atoms. The molecular weight excluding hydrogens is 85.1 g/mol. The maximum atomic E-state index is 6.54. The number of rotatable bonds is 1. The molecule has 3 heteroatoms. The van der Waals surface area contributed by atoms with Crippen molar-refractivity contribution in [2.75, 3.05) is 6.54 Å². The van der Waals surface area contributed by atoms with Gasteiger partial charge in [0.15, 0.2) is 0 Å². The van der Waals surface area contributed by atoms with Crippen molar-refractivity contribution in [2.45, 2.75) is 0 Å². The summed E-state index contributed by atoms with van der Waals surface area (Å²) < 4.78 is 0. The summed E-state index contributed by atoms with van der Waals surface area (Å²) >= 11 is 0. The van der Waals surface area contributed by atoms with Crippen molar-refractivity contribution in [2.24, 2.45) is 0 Å². The van der Waals surface area contributed by atoms with E-state index in [0.717, 1.165) is 10.2 Å². The Morgan fingerprint density at radius 1 is 1.67 bits per heavy atom. The molecule has 0 saturated carbocycles. The zero-order valence-electron chi connectivity index (χ0n) is 4.36. The molecule has 0 saturated heterocycles. The Kier molecular flexibility index (Phi) is 14.7. The van der Waals surface area contributed by atoms with Crippen molar-refractivity contribution < 1.29 is 18.9 Å². The second kappa shape index (κ2) is 9.10. The third-order valence-electron chi connectivity index (χ3n) is 0.354.